The summed E-state index contributed by atoms with van der Waals surface area (Å²) in [5, 5.41) is 6.13. The van der Waals surface area contributed by atoms with Crippen LogP contribution < -0.4 is 10.6 Å². The van der Waals surface area contributed by atoms with Gasteiger partial charge in [0, 0.05) is 16.1 Å². The first-order chi connectivity index (χ1) is 14.9. The highest BCUT2D eigenvalue weighted by Gasteiger charge is 2.20. The van der Waals surface area contributed by atoms with Crippen molar-refractivity contribution in [1.29, 1.82) is 0 Å². The number of carbonyl (C=O) groups is 2. The fraction of sp³-hybridized carbons (Fsp3) is 0.167. The van der Waals surface area contributed by atoms with Gasteiger partial charge in [0.25, 0.3) is 5.91 Å². The van der Waals surface area contributed by atoms with Gasteiger partial charge in [0.05, 0.1) is 21.0 Å². The number of halogens is 2. The molecular formula is C24H22Cl2N2O2S. The average molecular weight is 473 g/mol. The van der Waals surface area contributed by atoms with Crippen LogP contribution in [0.2, 0.25) is 10.0 Å². The average Bonchev–Trinajstić information content (AvgIpc) is 2.75. The molecule has 2 amide bonds. The first-order valence-corrected chi connectivity index (χ1v) is 11.4. The quantitative estimate of drug-likeness (QED) is 0.361. The maximum atomic E-state index is 12.8. The van der Waals surface area contributed by atoms with E-state index in [9.17, 15) is 9.59 Å². The predicted molar refractivity (Wildman–Crippen MR) is 131 cm³/mol. The number of aryl methyl sites for hydroxylation is 1. The molecule has 0 saturated heterocycles. The number of anilines is 2. The highest BCUT2D eigenvalue weighted by molar-refractivity contribution is 8.00. The first kappa shape index (κ1) is 23.2. The molecule has 0 aromatic heterocycles. The van der Waals surface area contributed by atoms with Crippen LogP contribution in [0.25, 0.3) is 0 Å². The van der Waals surface area contributed by atoms with Crippen LogP contribution in [-0.2, 0) is 4.79 Å². The van der Waals surface area contributed by atoms with E-state index in [1.54, 1.807) is 24.3 Å². The Morgan fingerprint density at radius 3 is 2.45 bits per heavy atom. The van der Waals surface area contributed by atoms with Gasteiger partial charge in [-0.2, -0.15) is 0 Å². The van der Waals surface area contributed by atoms with Crippen LogP contribution in [0.4, 0.5) is 11.4 Å². The zero-order chi connectivity index (χ0) is 22.4. The lowest BCUT2D eigenvalue weighted by molar-refractivity contribution is -0.115. The second-order valence-corrected chi connectivity index (χ2v) is 9.02. The molecule has 4 nitrogen and oxygen atoms in total. The van der Waals surface area contributed by atoms with Crippen molar-refractivity contribution in [3.8, 4) is 0 Å². The zero-order valence-corrected chi connectivity index (χ0v) is 19.4. The lowest BCUT2D eigenvalue weighted by atomic mass is 10.1. The van der Waals surface area contributed by atoms with Crippen LogP contribution in [0.5, 0.6) is 0 Å². The molecule has 160 valence electrons. The van der Waals surface area contributed by atoms with Crippen LogP contribution in [0, 0.1) is 6.92 Å². The third kappa shape index (κ3) is 6.26. The molecule has 3 aromatic rings. The highest BCUT2D eigenvalue weighted by Crippen LogP contribution is 2.32. The maximum absolute atomic E-state index is 12.8. The molecule has 0 aliphatic carbocycles. The summed E-state index contributed by atoms with van der Waals surface area (Å²) >= 11 is 13.6. The zero-order valence-electron chi connectivity index (χ0n) is 17.1. The maximum Gasteiger partial charge on any atom is 0.255 e. The molecular weight excluding hydrogens is 451 g/mol. The van der Waals surface area contributed by atoms with Crippen molar-refractivity contribution in [3.63, 3.8) is 0 Å². The Morgan fingerprint density at radius 2 is 1.71 bits per heavy atom. The van der Waals surface area contributed by atoms with Crippen molar-refractivity contribution in [1.82, 2.24) is 0 Å². The number of rotatable bonds is 7. The third-order valence-electron chi connectivity index (χ3n) is 4.52. The summed E-state index contributed by atoms with van der Waals surface area (Å²) in [5.41, 5.74) is 2.78. The molecule has 0 aliphatic rings. The lowest BCUT2D eigenvalue weighted by Gasteiger charge is -2.16. The molecule has 0 radical (unpaired) electrons. The lowest BCUT2D eigenvalue weighted by Crippen LogP contribution is -2.24. The van der Waals surface area contributed by atoms with E-state index in [1.807, 2.05) is 56.3 Å². The standard InChI is InChI=1S/C24H22Cl2N2O2S/c1-3-21(24(30)28-20-12-6-11-19(25)22(20)26)31-18-10-5-9-17(14-18)27-23(29)16-8-4-7-15(2)13-16/h4-14,21H,3H2,1-2H3,(H,27,29)(H,28,30). The predicted octanol–water partition coefficient (Wildman–Crippen LogP) is 7.06. The number of carbonyl (C=O) groups excluding carboxylic acids is 2. The van der Waals surface area contributed by atoms with E-state index in [0.717, 1.165) is 10.5 Å². The van der Waals surface area contributed by atoms with Crippen molar-refractivity contribution < 1.29 is 9.59 Å². The van der Waals surface area contributed by atoms with Gasteiger partial charge in [0.15, 0.2) is 0 Å². The van der Waals surface area contributed by atoms with E-state index in [1.165, 1.54) is 11.8 Å². The summed E-state index contributed by atoms with van der Waals surface area (Å²) < 4.78 is 0. The van der Waals surface area contributed by atoms with Gasteiger partial charge in [-0.3, -0.25) is 9.59 Å². The molecule has 3 aromatic carbocycles. The molecule has 1 atom stereocenters. The minimum atomic E-state index is -0.335. The second-order valence-electron chi connectivity index (χ2n) is 6.96. The van der Waals surface area contributed by atoms with E-state index >= 15 is 0 Å². The molecule has 1 unspecified atom stereocenters. The van der Waals surface area contributed by atoms with Crippen LogP contribution in [-0.4, -0.2) is 17.1 Å². The monoisotopic (exact) mass is 472 g/mol. The summed E-state index contributed by atoms with van der Waals surface area (Å²) in [7, 11) is 0. The molecule has 31 heavy (non-hydrogen) atoms. The van der Waals surface area contributed by atoms with E-state index in [0.29, 0.717) is 33.4 Å². The summed E-state index contributed by atoms with van der Waals surface area (Å²) in [6.07, 6.45) is 0.620. The fourth-order valence-corrected chi connectivity index (χ4v) is 4.30. The molecule has 3 rings (SSSR count). The Kier molecular flexibility index (Phi) is 8.02. The van der Waals surface area contributed by atoms with Crippen molar-refractivity contribution in [2.45, 2.75) is 30.4 Å². The van der Waals surface area contributed by atoms with Gasteiger partial charge in [-0.1, -0.05) is 60.0 Å². The Hall–Kier alpha value is -2.47. The summed E-state index contributed by atoms with van der Waals surface area (Å²) in [5.74, 6) is -0.336. The Morgan fingerprint density at radius 1 is 0.968 bits per heavy atom. The van der Waals surface area contributed by atoms with Gasteiger partial charge >= 0.3 is 0 Å². The number of nitrogens with one attached hydrogen (secondary N) is 2. The van der Waals surface area contributed by atoms with Gasteiger partial charge in [-0.15, -0.1) is 11.8 Å². The molecule has 0 heterocycles. The van der Waals surface area contributed by atoms with Gasteiger partial charge in [-0.25, -0.2) is 0 Å². The Labute approximate surface area is 196 Å². The van der Waals surface area contributed by atoms with E-state index < -0.39 is 0 Å². The van der Waals surface area contributed by atoms with Gasteiger partial charge in [0.2, 0.25) is 5.91 Å². The minimum Gasteiger partial charge on any atom is -0.324 e. The van der Waals surface area contributed by atoms with Crippen LogP contribution in [0.3, 0.4) is 0 Å². The van der Waals surface area contributed by atoms with Crippen LogP contribution in [0.1, 0.15) is 29.3 Å². The second kappa shape index (κ2) is 10.7. The number of hydrogen-bond donors (Lipinski definition) is 2. The number of hydrogen-bond acceptors (Lipinski definition) is 3. The SMILES string of the molecule is CCC(Sc1cccc(NC(=O)c2cccc(C)c2)c1)C(=O)Nc1cccc(Cl)c1Cl. The van der Waals surface area contributed by atoms with Crippen molar-refractivity contribution >= 4 is 58.2 Å². The largest absolute Gasteiger partial charge is 0.324 e. The number of benzene rings is 3. The van der Waals surface area contributed by atoms with Crippen molar-refractivity contribution in [2.24, 2.45) is 0 Å². The summed E-state index contributed by atoms with van der Waals surface area (Å²) in [6.45, 7) is 3.89. The van der Waals surface area contributed by atoms with Crippen LogP contribution in [0.15, 0.2) is 71.6 Å². The van der Waals surface area contributed by atoms with E-state index in [2.05, 4.69) is 10.6 Å². The van der Waals surface area contributed by atoms with Gasteiger partial charge in [-0.05, 0) is 55.8 Å². The molecule has 0 spiro atoms. The van der Waals surface area contributed by atoms with Crippen LogP contribution >= 0.6 is 35.0 Å². The molecule has 0 fully saturated rings. The first-order valence-electron chi connectivity index (χ1n) is 9.77. The van der Waals surface area contributed by atoms with E-state index in [-0.39, 0.29) is 17.1 Å². The Bertz CT molecular complexity index is 1100. The molecule has 0 bridgehead atoms. The normalized spacial score (nSPS) is 11.6. The van der Waals surface area contributed by atoms with Crippen molar-refractivity contribution in [2.75, 3.05) is 10.6 Å². The summed E-state index contributed by atoms with van der Waals surface area (Å²) in [6, 6.07) is 20.0. The topological polar surface area (TPSA) is 58.2 Å². The van der Waals surface area contributed by atoms with Gasteiger partial charge < -0.3 is 10.6 Å². The van der Waals surface area contributed by atoms with E-state index in [4.69, 9.17) is 23.2 Å². The highest BCUT2D eigenvalue weighted by atomic mass is 35.5. The minimum absolute atomic E-state index is 0.161. The molecule has 7 heteroatoms. The molecule has 0 saturated carbocycles. The number of thioether (sulfide) groups is 1. The molecule has 2 N–H and O–H groups in total. The van der Waals surface area contributed by atoms with Crippen molar-refractivity contribution in [3.05, 3.63) is 87.9 Å². The smallest absolute Gasteiger partial charge is 0.255 e. The summed E-state index contributed by atoms with van der Waals surface area (Å²) in [4.78, 5) is 26.2. The molecule has 0 aliphatic heterocycles. The Balaban J connectivity index is 1.69. The van der Waals surface area contributed by atoms with Gasteiger partial charge in [0.1, 0.15) is 0 Å². The fourth-order valence-electron chi connectivity index (χ4n) is 2.94. The third-order valence-corrected chi connectivity index (χ3v) is 6.70. The number of amides is 2.